The summed E-state index contributed by atoms with van der Waals surface area (Å²) in [5.41, 5.74) is 5.56. The lowest BCUT2D eigenvalue weighted by Gasteiger charge is -2.25. The Morgan fingerprint density at radius 2 is 1.96 bits per heavy atom. The highest BCUT2D eigenvalue weighted by Gasteiger charge is 2.32. The van der Waals surface area contributed by atoms with Gasteiger partial charge >= 0.3 is 0 Å². The van der Waals surface area contributed by atoms with Crippen LogP contribution in [-0.4, -0.2) is 17.1 Å². The normalized spacial score (nSPS) is 17.6. The van der Waals surface area contributed by atoms with Crippen LogP contribution in [0.4, 0.5) is 0 Å². The van der Waals surface area contributed by atoms with E-state index >= 15 is 0 Å². The van der Waals surface area contributed by atoms with Crippen LogP contribution in [0.5, 0.6) is 0 Å². The second-order valence-electron chi connectivity index (χ2n) is 6.71. The van der Waals surface area contributed by atoms with Gasteiger partial charge in [-0.15, -0.1) is 0 Å². The van der Waals surface area contributed by atoms with Crippen molar-refractivity contribution in [2.75, 3.05) is 0 Å². The molecule has 0 fully saturated rings. The predicted octanol–water partition coefficient (Wildman–Crippen LogP) is 5.23. The topological polar surface area (TPSA) is 73.5 Å². The Bertz CT molecular complexity index is 982. The van der Waals surface area contributed by atoms with E-state index in [1.54, 1.807) is 18.3 Å². The summed E-state index contributed by atoms with van der Waals surface area (Å²) in [6, 6.07) is 7.48. The van der Waals surface area contributed by atoms with Crippen LogP contribution in [0.3, 0.4) is 0 Å². The Labute approximate surface area is 160 Å². The number of benzene rings is 1. The fraction of sp³-hybridized carbons (Fsp3) is 0.261. The van der Waals surface area contributed by atoms with Crippen molar-refractivity contribution in [3.8, 4) is 6.07 Å². The third-order valence-electron chi connectivity index (χ3n) is 4.85. The first kappa shape index (κ1) is 20.1. The molecule has 4 nitrogen and oxygen atoms in total. The van der Waals surface area contributed by atoms with Crippen molar-refractivity contribution in [3.63, 3.8) is 0 Å². The van der Waals surface area contributed by atoms with Crippen molar-refractivity contribution < 1.29 is 9.90 Å². The first-order valence-corrected chi connectivity index (χ1v) is 8.75. The summed E-state index contributed by atoms with van der Waals surface area (Å²) in [5, 5.41) is 19.7. The van der Waals surface area contributed by atoms with Crippen LogP contribution in [0.15, 0.2) is 69.6 Å². The van der Waals surface area contributed by atoms with Crippen molar-refractivity contribution in [1.29, 1.82) is 5.26 Å². The van der Waals surface area contributed by atoms with Gasteiger partial charge in [0.15, 0.2) is 5.78 Å². The quantitative estimate of drug-likeness (QED) is 0.747. The van der Waals surface area contributed by atoms with Gasteiger partial charge in [-0.05, 0) is 69.0 Å². The van der Waals surface area contributed by atoms with Crippen molar-refractivity contribution in [1.82, 2.24) is 0 Å². The number of carbonyl (C=O) groups is 1. The van der Waals surface area contributed by atoms with E-state index in [1.807, 2.05) is 39.8 Å². The first-order chi connectivity index (χ1) is 12.7. The number of aliphatic hydroxyl groups excluding tert-OH is 1. The molecule has 0 spiro atoms. The number of hydrogen-bond donors (Lipinski definition) is 1. The largest absolute Gasteiger partial charge is 0.508 e. The van der Waals surface area contributed by atoms with Crippen molar-refractivity contribution in [2.24, 2.45) is 4.99 Å². The summed E-state index contributed by atoms with van der Waals surface area (Å²) in [5.74, 6) is -0.725. The number of rotatable bonds is 4. The predicted molar refractivity (Wildman–Crippen MR) is 109 cm³/mol. The highest BCUT2D eigenvalue weighted by atomic mass is 16.3. The molecule has 138 valence electrons. The maximum absolute atomic E-state index is 12.6. The minimum atomic E-state index is -0.514. The zero-order valence-electron chi connectivity index (χ0n) is 16.4. The summed E-state index contributed by atoms with van der Waals surface area (Å²) in [7, 11) is 0. The van der Waals surface area contributed by atoms with Gasteiger partial charge in [0.2, 0.25) is 0 Å². The van der Waals surface area contributed by atoms with Gasteiger partial charge < -0.3 is 5.11 Å². The fourth-order valence-corrected chi connectivity index (χ4v) is 3.42. The molecule has 1 N–H and O–H groups in total. The SMILES string of the molecule is C=C(O)C1=C(/C(C)=C\C)N=CC(C)=C(C(C)=O)[C@H]1c1ccc(C#N)cc1C. The summed E-state index contributed by atoms with van der Waals surface area (Å²) in [6.45, 7) is 12.8. The van der Waals surface area contributed by atoms with Gasteiger partial charge in [0.05, 0.1) is 17.3 Å². The molecule has 0 aliphatic carbocycles. The van der Waals surface area contributed by atoms with Crippen LogP contribution in [0, 0.1) is 18.3 Å². The molecule has 0 radical (unpaired) electrons. The van der Waals surface area contributed by atoms with Gasteiger partial charge in [-0.25, -0.2) is 0 Å². The van der Waals surface area contributed by atoms with E-state index in [0.29, 0.717) is 22.4 Å². The smallest absolute Gasteiger partial charge is 0.157 e. The Hall–Kier alpha value is -3.19. The van der Waals surface area contributed by atoms with Gasteiger partial charge in [0, 0.05) is 23.3 Å². The van der Waals surface area contributed by atoms with Gasteiger partial charge in [-0.3, -0.25) is 9.79 Å². The molecule has 0 saturated carbocycles. The molecule has 1 atom stereocenters. The monoisotopic (exact) mass is 360 g/mol. The molecule has 1 aliphatic rings. The number of Topliss-reactive ketones (excluding diaryl/α,β-unsaturated/α-hetero) is 1. The van der Waals surface area contributed by atoms with Crippen LogP contribution in [0.25, 0.3) is 0 Å². The van der Waals surface area contributed by atoms with Crippen molar-refractivity contribution in [3.05, 3.63) is 81.3 Å². The van der Waals surface area contributed by atoms with E-state index in [4.69, 9.17) is 0 Å². The summed E-state index contributed by atoms with van der Waals surface area (Å²) < 4.78 is 0. The number of hydrogen-bond acceptors (Lipinski definition) is 4. The molecule has 2 rings (SSSR count). The minimum absolute atomic E-state index is 0.0918. The molecule has 4 heteroatoms. The van der Waals surface area contributed by atoms with Crippen LogP contribution >= 0.6 is 0 Å². The summed E-state index contributed by atoms with van der Waals surface area (Å²) >= 11 is 0. The number of aryl methyl sites for hydroxylation is 1. The number of nitrogens with zero attached hydrogens (tertiary/aromatic N) is 2. The number of nitriles is 1. The van der Waals surface area contributed by atoms with Crippen LogP contribution < -0.4 is 0 Å². The third kappa shape index (κ3) is 3.83. The first-order valence-electron chi connectivity index (χ1n) is 8.75. The molecule has 1 aliphatic heterocycles. The number of allylic oxidation sites excluding steroid dienone is 5. The van der Waals surface area contributed by atoms with Crippen molar-refractivity contribution in [2.45, 2.75) is 40.5 Å². The number of aliphatic imine (C=N–C) groups is 1. The second kappa shape index (κ2) is 8.01. The van der Waals surface area contributed by atoms with Crippen LogP contribution in [-0.2, 0) is 4.79 Å². The number of aliphatic hydroxyl groups is 1. The van der Waals surface area contributed by atoms with Gasteiger partial charge in [-0.2, -0.15) is 5.26 Å². The number of ketones is 1. The molecule has 1 heterocycles. The summed E-state index contributed by atoms with van der Waals surface area (Å²) in [6.07, 6.45) is 3.58. The maximum atomic E-state index is 12.6. The fourth-order valence-electron chi connectivity index (χ4n) is 3.42. The average Bonchev–Trinajstić information content (AvgIpc) is 2.77. The van der Waals surface area contributed by atoms with Gasteiger partial charge in [-0.1, -0.05) is 18.7 Å². The Balaban J connectivity index is 2.95. The zero-order valence-corrected chi connectivity index (χ0v) is 16.4. The van der Waals surface area contributed by atoms with E-state index in [0.717, 1.165) is 22.3 Å². The Morgan fingerprint density at radius 1 is 1.30 bits per heavy atom. The molecule has 1 aromatic carbocycles. The number of carbonyl (C=O) groups excluding carboxylic acids is 1. The maximum Gasteiger partial charge on any atom is 0.157 e. The Morgan fingerprint density at radius 3 is 2.44 bits per heavy atom. The Kier molecular flexibility index (Phi) is 5.97. The van der Waals surface area contributed by atoms with E-state index in [1.165, 1.54) is 6.92 Å². The third-order valence-corrected chi connectivity index (χ3v) is 4.85. The molecule has 0 aromatic heterocycles. The molecule has 0 amide bonds. The highest BCUT2D eigenvalue weighted by Crippen LogP contribution is 2.42. The van der Waals surface area contributed by atoms with Crippen LogP contribution in [0.1, 0.15) is 50.3 Å². The highest BCUT2D eigenvalue weighted by molar-refractivity contribution is 6.02. The minimum Gasteiger partial charge on any atom is -0.508 e. The van der Waals surface area contributed by atoms with Crippen LogP contribution in [0.2, 0.25) is 0 Å². The van der Waals surface area contributed by atoms with E-state index in [9.17, 15) is 15.2 Å². The molecular formula is C23H24N2O2. The molecular weight excluding hydrogens is 336 g/mol. The lowest BCUT2D eigenvalue weighted by Crippen LogP contribution is -2.17. The van der Waals surface area contributed by atoms with E-state index in [-0.39, 0.29) is 11.5 Å². The lowest BCUT2D eigenvalue weighted by atomic mass is 9.77. The van der Waals surface area contributed by atoms with Gasteiger partial charge in [0.1, 0.15) is 5.76 Å². The molecule has 0 unspecified atom stereocenters. The molecule has 0 bridgehead atoms. The average molecular weight is 360 g/mol. The zero-order chi connectivity index (χ0) is 20.3. The van der Waals surface area contributed by atoms with E-state index in [2.05, 4.69) is 17.6 Å². The lowest BCUT2D eigenvalue weighted by molar-refractivity contribution is -0.113. The van der Waals surface area contributed by atoms with Crippen molar-refractivity contribution >= 4 is 12.0 Å². The van der Waals surface area contributed by atoms with Gasteiger partial charge in [0.25, 0.3) is 0 Å². The standard InChI is InChI=1S/C23H24N2O2/c1-7-13(2)23-21(17(6)27)22(20(16(5)26)15(4)12-25-23)19-9-8-18(11-24)10-14(19)3/h7-10,12,22,27H,6H2,1-5H3/b13-7-/t22-/m1/s1. The summed E-state index contributed by atoms with van der Waals surface area (Å²) in [4.78, 5) is 17.1. The molecule has 27 heavy (non-hydrogen) atoms. The molecule has 0 saturated heterocycles. The van der Waals surface area contributed by atoms with E-state index < -0.39 is 5.92 Å². The molecule has 1 aromatic rings. The second-order valence-corrected chi connectivity index (χ2v) is 6.71.